The molecule has 6 nitrogen and oxygen atoms in total. The largest absolute Gasteiger partial charge is 0.492 e. The Hall–Kier alpha value is -1.60. The van der Waals surface area contributed by atoms with E-state index in [0.29, 0.717) is 22.1 Å². The van der Waals surface area contributed by atoms with Crippen LogP contribution in [0.1, 0.15) is 25.7 Å². The standard InChI is InChI=1S/C12H17ClN2O.C11H15ClN2O/c1-15-6-4-10(5-7-15)9-16-11-2-3-12(13)14-8-11;12-11-2-1-10(7-14-11)15-8-9-3-5-13-6-4-9/h2-3,8,10H,4-7,9H2,1H3;1-2,7,9,13H,3-6,8H2. The Bertz CT molecular complexity index is 747. The minimum atomic E-state index is 0.504. The number of pyridine rings is 2. The van der Waals surface area contributed by atoms with Gasteiger partial charge in [0, 0.05) is 0 Å². The quantitative estimate of drug-likeness (QED) is 0.629. The van der Waals surface area contributed by atoms with E-state index < -0.39 is 0 Å². The molecule has 0 amide bonds. The van der Waals surface area contributed by atoms with Crippen molar-refractivity contribution < 1.29 is 9.47 Å². The molecule has 2 aliphatic heterocycles. The molecule has 0 aliphatic carbocycles. The van der Waals surface area contributed by atoms with E-state index in [1.165, 1.54) is 38.8 Å². The van der Waals surface area contributed by atoms with E-state index in [2.05, 4.69) is 27.2 Å². The van der Waals surface area contributed by atoms with Crippen molar-refractivity contribution in [2.45, 2.75) is 25.7 Å². The van der Waals surface area contributed by atoms with Crippen molar-refractivity contribution >= 4 is 23.2 Å². The molecule has 31 heavy (non-hydrogen) atoms. The van der Waals surface area contributed by atoms with Crippen LogP contribution in [0, 0.1) is 11.8 Å². The van der Waals surface area contributed by atoms with Crippen LogP contribution in [-0.4, -0.2) is 61.3 Å². The van der Waals surface area contributed by atoms with E-state index in [-0.39, 0.29) is 0 Å². The van der Waals surface area contributed by atoms with Crippen LogP contribution in [0.4, 0.5) is 0 Å². The van der Waals surface area contributed by atoms with Crippen molar-refractivity contribution in [2.75, 3.05) is 46.4 Å². The molecule has 4 heterocycles. The average Bonchev–Trinajstić information content (AvgIpc) is 2.81. The summed E-state index contributed by atoms with van der Waals surface area (Å²) < 4.78 is 11.3. The Labute approximate surface area is 195 Å². The van der Waals surface area contributed by atoms with Crippen LogP contribution in [0.3, 0.4) is 0 Å². The zero-order valence-electron chi connectivity index (χ0n) is 18.1. The SMILES string of the molecule is CN1CCC(COc2ccc(Cl)nc2)CC1.Clc1ccc(OCC2CCNCC2)cn1. The lowest BCUT2D eigenvalue weighted by Crippen LogP contribution is -2.32. The Kier molecular flexibility index (Phi) is 10.1. The zero-order valence-corrected chi connectivity index (χ0v) is 19.6. The lowest BCUT2D eigenvalue weighted by Gasteiger charge is -2.28. The molecule has 0 radical (unpaired) electrons. The number of rotatable bonds is 6. The monoisotopic (exact) mass is 466 g/mol. The van der Waals surface area contributed by atoms with Crippen molar-refractivity contribution in [1.82, 2.24) is 20.2 Å². The van der Waals surface area contributed by atoms with E-state index in [9.17, 15) is 0 Å². The third-order valence-corrected chi connectivity index (χ3v) is 6.12. The maximum Gasteiger partial charge on any atom is 0.137 e. The van der Waals surface area contributed by atoms with Gasteiger partial charge >= 0.3 is 0 Å². The summed E-state index contributed by atoms with van der Waals surface area (Å²) in [7, 11) is 2.17. The molecule has 4 rings (SSSR count). The minimum Gasteiger partial charge on any atom is -0.492 e. The second-order valence-corrected chi connectivity index (χ2v) is 8.97. The molecule has 2 aliphatic rings. The van der Waals surface area contributed by atoms with Crippen LogP contribution in [0.15, 0.2) is 36.7 Å². The molecule has 2 saturated heterocycles. The van der Waals surface area contributed by atoms with Gasteiger partial charge in [-0.25, -0.2) is 9.97 Å². The smallest absolute Gasteiger partial charge is 0.137 e. The molecular weight excluding hydrogens is 435 g/mol. The van der Waals surface area contributed by atoms with Crippen molar-refractivity contribution in [3.8, 4) is 11.5 Å². The molecule has 1 N–H and O–H groups in total. The molecule has 2 fully saturated rings. The van der Waals surface area contributed by atoms with Crippen molar-refractivity contribution in [2.24, 2.45) is 11.8 Å². The lowest BCUT2D eigenvalue weighted by molar-refractivity contribution is 0.160. The van der Waals surface area contributed by atoms with E-state index in [0.717, 1.165) is 37.8 Å². The van der Waals surface area contributed by atoms with E-state index in [1.54, 1.807) is 24.5 Å². The van der Waals surface area contributed by atoms with Gasteiger partial charge in [-0.3, -0.25) is 0 Å². The van der Waals surface area contributed by atoms with Crippen LogP contribution in [0.25, 0.3) is 0 Å². The van der Waals surface area contributed by atoms with Gasteiger partial charge in [-0.05, 0) is 95.0 Å². The first-order valence-corrected chi connectivity index (χ1v) is 11.7. The molecule has 2 aromatic rings. The van der Waals surface area contributed by atoms with Gasteiger partial charge in [-0.15, -0.1) is 0 Å². The Morgan fingerprint density at radius 3 is 1.77 bits per heavy atom. The lowest BCUT2D eigenvalue weighted by atomic mass is 9.98. The van der Waals surface area contributed by atoms with Gasteiger partial charge in [0.2, 0.25) is 0 Å². The van der Waals surface area contributed by atoms with E-state index in [1.807, 2.05) is 12.1 Å². The molecule has 8 heteroatoms. The molecule has 0 atom stereocenters. The highest BCUT2D eigenvalue weighted by atomic mass is 35.5. The van der Waals surface area contributed by atoms with Crippen LogP contribution in [0.2, 0.25) is 10.3 Å². The molecular formula is C23H32Cl2N4O2. The van der Waals surface area contributed by atoms with Gasteiger partial charge in [0.1, 0.15) is 21.8 Å². The predicted octanol–water partition coefficient (Wildman–Crippen LogP) is 4.57. The summed E-state index contributed by atoms with van der Waals surface area (Å²) in [5.74, 6) is 2.95. The Morgan fingerprint density at radius 1 is 0.839 bits per heavy atom. The minimum absolute atomic E-state index is 0.504. The number of hydrogen-bond donors (Lipinski definition) is 1. The van der Waals surface area contributed by atoms with Crippen LogP contribution in [-0.2, 0) is 0 Å². The number of nitrogens with zero attached hydrogens (tertiary/aromatic N) is 3. The maximum absolute atomic E-state index is 5.70. The summed E-state index contributed by atoms with van der Waals surface area (Å²) in [6, 6.07) is 7.23. The first-order valence-electron chi connectivity index (χ1n) is 11.0. The number of hydrogen-bond acceptors (Lipinski definition) is 6. The molecule has 170 valence electrons. The highest BCUT2D eigenvalue weighted by molar-refractivity contribution is 6.29. The van der Waals surface area contributed by atoms with Gasteiger partial charge in [0.25, 0.3) is 0 Å². The summed E-state index contributed by atoms with van der Waals surface area (Å²) in [5.41, 5.74) is 0. The van der Waals surface area contributed by atoms with Gasteiger partial charge in [0.05, 0.1) is 25.6 Å². The fourth-order valence-electron chi connectivity index (χ4n) is 3.60. The number of nitrogens with one attached hydrogen (secondary N) is 1. The molecule has 0 saturated carbocycles. The normalized spacial score (nSPS) is 18.2. The fraction of sp³-hybridized carbons (Fsp3) is 0.565. The van der Waals surface area contributed by atoms with Gasteiger partial charge in [0.15, 0.2) is 0 Å². The molecule has 0 aromatic carbocycles. The number of piperidine rings is 2. The summed E-state index contributed by atoms with van der Waals surface area (Å²) in [6.45, 7) is 6.13. The van der Waals surface area contributed by atoms with Crippen LogP contribution >= 0.6 is 23.2 Å². The Balaban J connectivity index is 0.000000176. The van der Waals surface area contributed by atoms with E-state index >= 15 is 0 Å². The number of likely N-dealkylation sites (tertiary alicyclic amines) is 1. The third-order valence-electron chi connectivity index (χ3n) is 5.67. The average molecular weight is 467 g/mol. The van der Waals surface area contributed by atoms with Crippen molar-refractivity contribution in [1.29, 1.82) is 0 Å². The second kappa shape index (κ2) is 13.1. The maximum atomic E-state index is 5.70. The summed E-state index contributed by atoms with van der Waals surface area (Å²) in [4.78, 5) is 10.3. The van der Waals surface area contributed by atoms with Gasteiger partial charge in [-0.1, -0.05) is 23.2 Å². The molecule has 0 spiro atoms. The fourth-order valence-corrected chi connectivity index (χ4v) is 3.82. The highest BCUT2D eigenvalue weighted by Crippen LogP contribution is 2.19. The molecule has 0 unspecified atom stereocenters. The topological polar surface area (TPSA) is 59.5 Å². The van der Waals surface area contributed by atoms with Gasteiger partial charge in [-0.2, -0.15) is 0 Å². The number of ether oxygens (including phenoxy) is 2. The Morgan fingerprint density at radius 2 is 1.32 bits per heavy atom. The second-order valence-electron chi connectivity index (χ2n) is 8.20. The van der Waals surface area contributed by atoms with Crippen LogP contribution < -0.4 is 14.8 Å². The number of halogens is 2. The molecule has 0 bridgehead atoms. The van der Waals surface area contributed by atoms with Crippen molar-refractivity contribution in [3.63, 3.8) is 0 Å². The summed E-state index contributed by atoms with van der Waals surface area (Å²) >= 11 is 11.4. The molecule has 2 aromatic heterocycles. The third kappa shape index (κ3) is 9.19. The number of aromatic nitrogens is 2. The first kappa shape index (κ1) is 24.1. The summed E-state index contributed by atoms with van der Waals surface area (Å²) in [6.07, 6.45) is 8.18. The summed E-state index contributed by atoms with van der Waals surface area (Å²) in [5, 5.41) is 4.35. The first-order chi connectivity index (χ1) is 15.1. The zero-order chi connectivity index (χ0) is 21.9. The predicted molar refractivity (Wildman–Crippen MR) is 125 cm³/mol. The van der Waals surface area contributed by atoms with Crippen molar-refractivity contribution in [3.05, 3.63) is 47.0 Å². The van der Waals surface area contributed by atoms with Gasteiger partial charge < -0.3 is 19.7 Å². The van der Waals surface area contributed by atoms with Crippen LogP contribution in [0.5, 0.6) is 11.5 Å². The van der Waals surface area contributed by atoms with E-state index in [4.69, 9.17) is 32.7 Å². The highest BCUT2D eigenvalue weighted by Gasteiger charge is 2.17.